The second-order valence-electron chi connectivity index (χ2n) is 9.51. The molecular weight excluding hydrogens is 552 g/mol. The molecule has 15 nitrogen and oxygen atoms in total. The van der Waals surface area contributed by atoms with E-state index < -0.39 is 91.3 Å². The Bertz CT molecular complexity index is 1120. The Labute approximate surface area is 234 Å². The van der Waals surface area contributed by atoms with Gasteiger partial charge in [-0.3, -0.25) is 24.0 Å². The molecule has 0 unspecified atom stereocenters. The van der Waals surface area contributed by atoms with Gasteiger partial charge in [-0.25, -0.2) is 4.79 Å². The van der Waals surface area contributed by atoms with Gasteiger partial charge in [-0.2, -0.15) is 0 Å². The van der Waals surface area contributed by atoms with E-state index in [-0.39, 0.29) is 18.6 Å². The quantitative estimate of drug-likeness (QED) is 0.212. The van der Waals surface area contributed by atoms with E-state index in [1.807, 2.05) is 0 Å². The Hall–Kier alpha value is -3.98. The van der Waals surface area contributed by atoms with Crippen molar-refractivity contribution in [3.05, 3.63) is 23.5 Å². The van der Waals surface area contributed by atoms with Crippen molar-refractivity contribution in [1.29, 1.82) is 0 Å². The predicted octanol–water partition coefficient (Wildman–Crippen LogP) is 0.537. The van der Waals surface area contributed by atoms with E-state index >= 15 is 0 Å². The van der Waals surface area contributed by atoms with Crippen molar-refractivity contribution in [2.45, 2.75) is 78.0 Å². The number of rotatable bonds is 10. The average molecular weight is 585 g/mol. The third-order valence-electron chi connectivity index (χ3n) is 6.42. The smallest absolute Gasteiger partial charge is 0.335 e. The van der Waals surface area contributed by atoms with Crippen molar-refractivity contribution in [3.63, 3.8) is 0 Å². The van der Waals surface area contributed by atoms with Crippen LogP contribution in [0.4, 0.5) is 0 Å². The number of carboxylic acids is 1. The summed E-state index contributed by atoms with van der Waals surface area (Å²) in [6.45, 7) is 5.00. The highest BCUT2D eigenvalue weighted by Crippen LogP contribution is 2.44. The number of esters is 5. The van der Waals surface area contributed by atoms with Crippen LogP contribution in [0.25, 0.3) is 0 Å². The molecule has 0 bridgehead atoms. The van der Waals surface area contributed by atoms with Gasteiger partial charge in [0.25, 0.3) is 0 Å². The van der Waals surface area contributed by atoms with Gasteiger partial charge in [0.15, 0.2) is 18.3 Å². The second-order valence-corrected chi connectivity index (χ2v) is 9.51. The Morgan fingerprint density at radius 2 is 1.39 bits per heavy atom. The molecule has 0 radical (unpaired) electrons. The fourth-order valence-corrected chi connectivity index (χ4v) is 4.91. The van der Waals surface area contributed by atoms with E-state index in [1.54, 1.807) is 6.08 Å². The molecule has 41 heavy (non-hydrogen) atoms. The summed E-state index contributed by atoms with van der Waals surface area (Å²) in [5, 5.41) is 9.69. The average Bonchev–Trinajstić information content (AvgIpc) is 3.28. The van der Waals surface area contributed by atoms with Crippen molar-refractivity contribution < 1.29 is 71.8 Å². The van der Waals surface area contributed by atoms with Crippen molar-refractivity contribution in [2.24, 2.45) is 11.8 Å². The van der Waals surface area contributed by atoms with Gasteiger partial charge in [0.1, 0.15) is 19.3 Å². The summed E-state index contributed by atoms with van der Waals surface area (Å²) >= 11 is 0. The maximum Gasteiger partial charge on any atom is 0.335 e. The van der Waals surface area contributed by atoms with Crippen molar-refractivity contribution in [3.8, 4) is 0 Å². The lowest BCUT2D eigenvalue weighted by atomic mass is 9.83. The number of carbonyl (C=O) groups excluding carboxylic acids is 5. The van der Waals surface area contributed by atoms with Gasteiger partial charge < -0.3 is 43.0 Å². The maximum atomic E-state index is 12.1. The molecule has 3 aliphatic rings. The van der Waals surface area contributed by atoms with Gasteiger partial charge in [-0.15, -0.1) is 0 Å². The van der Waals surface area contributed by atoms with Crippen LogP contribution in [-0.4, -0.2) is 91.1 Å². The molecule has 0 aromatic heterocycles. The predicted molar refractivity (Wildman–Crippen MR) is 130 cm³/mol. The molecule has 8 atom stereocenters. The third kappa shape index (κ3) is 8.04. The zero-order valence-electron chi connectivity index (χ0n) is 23.1. The molecule has 1 fully saturated rings. The van der Waals surface area contributed by atoms with E-state index in [0.29, 0.717) is 5.57 Å². The lowest BCUT2D eigenvalue weighted by Gasteiger charge is -2.45. The SMILES string of the molecule is CC(=O)OCC1=CC[C@@H]2C(C(=O)O)=CO[C@@H](O[C@@H]3O[C@H](COC(C)=O)[C@@H](OC(C)=O)[C@H](OC(C)=O)[C@H]3OC(C)=O)[C@H]12. The summed E-state index contributed by atoms with van der Waals surface area (Å²) in [5.74, 6) is -6.28. The number of hydrogen-bond acceptors (Lipinski definition) is 14. The number of hydrogen-bond donors (Lipinski definition) is 1. The molecule has 1 aliphatic carbocycles. The number of allylic oxidation sites excluding steroid dienone is 1. The van der Waals surface area contributed by atoms with Crippen molar-refractivity contribution in [1.82, 2.24) is 0 Å². The number of aliphatic carboxylic acids is 1. The fourth-order valence-electron chi connectivity index (χ4n) is 4.91. The molecule has 1 N–H and O–H groups in total. The van der Waals surface area contributed by atoms with Crippen molar-refractivity contribution in [2.75, 3.05) is 13.2 Å². The van der Waals surface area contributed by atoms with Gasteiger partial charge >= 0.3 is 35.8 Å². The van der Waals surface area contributed by atoms with Gasteiger partial charge in [0, 0.05) is 40.5 Å². The third-order valence-corrected chi connectivity index (χ3v) is 6.42. The summed E-state index contributed by atoms with van der Waals surface area (Å²) < 4.78 is 44.1. The minimum atomic E-state index is -1.56. The van der Waals surface area contributed by atoms with Gasteiger partial charge in [0.2, 0.25) is 12.6 Å². The Balaban J connectivity index is 2.00. The number of carbonyl (C=O) groups is 6. The highest BCUT2D eigenvalue weighted by Gasteiger charge is 2.55. The zero-order chi connectivity index (χ0) is 30.4. The molecule has 2 heterocycles. The van der Waals surface area contributed by atoms with Gasteiger partial charge in [-0.05, 0) is 12.0 Å². The number of ether oxygens (including phenoxy) is 8. The topological polar surface area (TPSA) is 196 Å². The molecule has 1 saturated heterocycles. The second kappa shape index (κ2) is 13.6. The highest BCUT2D eigenvalue weighted by molar-refractivity contribution is 5.87. The molecule has 0 aromatic carbocycles. The van der Waals surface area contributed by atoms with Crippen LogP contribution in [0, 0.1) is 11.8 Å². The number of fused-ring (bicyclic) bond motifs is 1. The normalized spacial score (nSPS) is 30.4. The molecule has 226 valence electrons. The van der Waals surface area contributed by atoms with E-state index in [0.717, 1.165) is 34.0 Å². The lowest BCUT2D eigenvalue weighted by molar-refractivity contribution is -0.342. The van der Waals surface area contributed by atoms with Crippen LogP contribution in [0.2, 0.25) is 0 Å². The van der Waals surface area contributed by atoms with E-state index in [9.17, 15) is 33.9 Å². The Morgan fingerprint density at radius 1 is 0.805 bits per heavy atom. The largest absolute Gasteiger partial charge is 0.478 e. The minimum absolute atomic E-state index is 0.0366. The summed E-state index contributed by atoms with van der Waals surface area (Å²) in [6.07, 6.45) is -5.41. The first kappa shape index (κ1) is 31.5. The lowest BCUT2D eigenvalue weighted by Crippen LogP contribution is -2.63. The van der Waals surface area contributed by atoms with E-state index in [1.165, 1.54) is 6.92 Å². The highest BCUT2D eigenvalue weighted by atomic mass is 16.8. The summed E-state index contributed by atoms with van der Waals surface area (Å²) in [4.78, 5) is 71.0. The maximum absolute atomic E-state index is 12.1. The molecule has 2 aliphatic heterocycles. The fraction of sp³-hybridized carbons (Fsp3) is 0.615. The molecule has 0 spiro atoms. The van der Waals surface area contributed by atoms with Crippen LogP contribution >= 0.6 is 0 Å². The first-order valence-electron chi connectivity index (χ1n) is 12.7. The monoisotopic (exact) mass is 584 g/mol. The summed E-state index contributed by atoms with van der Waals surface area (Å²) in [7, 11) is 0. The number of carboxylic acid groups (broad SMARTS) is 1. The van der Waals surface area contributed by atoms with Crippen LogP contribution < -0.4 is 0 Å². The first-order chi connectivity index (χ1) is 19.3. The minimum Gasteiger partial charge on any atom is -0.478 e. The zero-order valence-corrected chi connectivity index (χ0v) is 23.1. The summed E-state index contributed by atoms with van der Waals surface area (Å²) in [6, 6.07) is 0. The van der Waals surface area contributed by atoms with E-state index in [4.69, 9.17) is 37.9 Å². The molecule has 0 saturated carbocycles. The van der Waals surface area contributed by atoms with Crippen LogP contribution in [0.15, 0.2) is 23.5 Å². The molecule has 3 rings (SSSR count). The van der Waals surface area contributed by atoms with Crippen LogP contribution in [0.3, 0.4) is 0 Å². The van der Waals surface area contributed by atoms with Crippen LogP contribution in [0.1, 0.15) is 41.0 Å². The van der Waals surface area contributed by atoms with Gasteiger partial charge in [0.05, 0.1) is 17.8 Å². The first-order valence-corrected chi connectivity index (χ1v) is 12.7. The van der Waals surface area contributed by atoms with E-state index in [2.05, 4.69) is 0 Å². The Kier molecular flexibility index (Phi) is 10.5. The van der Waals surface area contributed by atoms with Crippen LogP contribution in [0.5, 0.6) is 0 Å². The standard InChI is InChI=1S/C26H32O15/c1-11(27)34-8-16-6-7-17-18(24(32)33)9-36-25(20(16)17)41-26-23(39-15(5)31)22(38-14(4)30)21(37-13(3)29)19(40-26)10-35-12(2)28/h6,9,17,19-23,25-26H,7-8,10H2,1-5H3,(H,32,33)/t17-,19-,20-,21-,22+,23-,25+,26+/m1/s1. The van der Waals surface area contributed by atoms with Gasteiger partial charge in [-0.1, -0.05) is 6.08 Å². The molecular formula is C26H32O15. The molecule has 0 amide bonds. The summed E-state index contributed by atoms with van der Waals surface area (Å²) in [5.41, 5.74) is 0.484. The molecule has 15 heteroatoms. The van der Waals surface area contributed by atoms with Crippen LogP contribution in [-0.2, 0) is 66.7 Å². The molecule has 0 aromatic rings. The van der Waals surface area contributed by atoms with Crippen molar-refractivity contribution >= 4 is 35.8 Å². The Morgan fingerprint density at radius 3 is 1.95 bits per heavy atom.